The fourth-order valence-electron chi connectivity index (χ4n) is 2.45. The highest BCUT2D eigenvalue weighted by Crippen LogP contribution is 2.34. The fraction of sp³-hybridized carbons (Fsp3) is 0.263. The Kier molecular flexibility index (Phi) is 4.29. The minimum absolute atomic E-state index is 0.0239. The number of benzene rings is 2. The third kappa shape index (κ3) is 2.77. The summed E-state index contributed by atoms with van der Waals surface area (Å²) in [5.41, 5.74) is 3.70. The van der Waals surface area contributed by atoms with Crippen LogP contribution in [0.15, 0.2) is 54.6 Å². The molecular formula is C19H22O. The van der Waals surface area contributed by atoms with E-state index in [1.54, 1.807) is 7.11 Å². The van der Waals surface area contributed by atoms with Gasteiger partial charge in [0.15, 0.2) is 0 Å². The molecule has 0 aliphatic rings. The van der Waals surface area contributed by atoms with E-state index in [0.29, 0.717) is 0 Å². The second-order valence-corrected chi connectivity index (χ2v) is 5.45. The maximum absolute atomic E-state index is 5.42. The van der Waals surface area contributed by atoms with Crippen molar-refractivity contribution in [3.05, 3.63) is 71.3 Å². The Bertz CT molecular complexity index is 594. The van der Waals surface area contributed by atoms with Crippen LogP contribution in [0.2, 0.25) is 0 Å². The Hall–Kier alpha value is -2.02. The van der Waals surface area contributed by atoms with Gasteiger partial charge in [0.2, 0.25) is 0 Å². The van der Waals surface area contributed by atoms with Crippen LogP contribution in [0.3, 0.4) is 0 Å². The highest BCUT2D eigenvalue weighted by Gasteiger charge is 2.23. The summed E-state index contributed by atoms with van der Waals surface area (Å²) in [6, 6.07) is 17.0. The van der Waals surface area contributed by atoms with Crippen molar-refractivity contribution in [2.24, 2.45) is 0 Å². The molecule has 2 aromatic rings. The molecule has 104 valence electrons. The van der Waals surface area contributed by atoms with Gasteiger partial charge >= 0.3 is 0 Å². The van der Waals surface area contributed by atoms with Crippen LogP contribution >= 0.6 is 0 Å². The molecule has 2 rings (SSSR count). The second-order valence-electron chi connectivity index (χ2n) is 5.45. The average molecular weight is 266 g/mol. The lowest BCUT2D eigenvalue weighted by molar-refractivity contribution is 0.413. The molecule has 2 aromatic carbocycles. The zero-order chi connectivity index (χ0) is 14.6. The summed E-state index contributed by atoms with van der Waals surface area (Å²) in [4.78, 5) is 0. The lowest BCUT2D eigenvalue weighted by Crippen LogP contribution is -2.18. The summed E-state index contributed by atoms with van der Waals surface area (Å²) < 4.78 is 5.42. The quantitative estimate of drug-likeness (QED) is 0.752. The van der Waals surface area contributed by atoms with E-state index in [9.17, 15) is 0 Å². The van der Waals surface area contributed by atoms with Crippen molar-refractivity contribution in [3.8, 4) is 5.75 Å². The lowest BCUT2D eigenvalue weighted by Gasteiger charge is -2.27. The van der Waals surface area contributed by atoms with Gasteiger partial charge in [0.1, 0.15) is 5.75 Å². The monoisotopic (exact) mass is 266 g/mol. The zero-order valence-electron chi connectivity index (χ0n) is 12.7. The molecule has 0 aliphatic heterocycles. The molecule has 20 heavy (non-hydrogen) atoms. The van der Waals surface area contributed by atoms with Crippen LogP contribution < -0.4 is 4.74 Å². The first-order chi connectivity index (χ1) is 9.59. The fourth-order valence-corrected chi connectivity index (χ4v) is 2.45. The number of hydrogen-bond donors (Lipinski definition) is 0. The Balaban J connectivity index is 2.50. The van der Waals surface area contributed by atoms with Gasteiger partial charge < -0.3 is 4.74 Å². The minimum Gasteiger partial charge on any atom is -0.496 e. The molecule has 0 atom stereocenters. The maximum Gasteiger partial charge on any atom is 0.126 e. The van der Waals surface area contributed by atoms with E-state index in [1.807, 2.05) is 13.0 Å². The standard InChI is InChI=1S/C19H22O/c1-5-9-15-14-17(12-13-18(15)20-4)19(2,3)16-10-7-6-8-11-16/h5-14H,1-4H3/b9-5-. The first kappa shape index (κ1) is 14.4. The van der Waals surface area contributed by atoms with Crippen molar-refractivity contribution < 1.29 is 4.74 Å². The SMILES string of the molecule is C/C=C\c1cc(C(C)(C)c2ccccc2)ccc1OC. The number of allylic oxidation sites excluding steroid dienone is 1. The predicted octanol–water partition coefficient (Wildman–Crippen LogP) is 5.05. The molecule has 0 spiro atoms. The minimum atomic E-state index is -0.0239. The topological polar surface area (TPSA) is 9.23 Å². The van der Waals surface area contributed by atoms with Crippen molar-refractivity contribution in [3.63, 3.8) is 0 Å². The van der Waals surface area contributed by atoms with Gasteiger partial charge in [-0.15, -0.1) is 0 Å². The number of ether oxygens (including phenoxy) is 1. The molecule has 0 unspecified atom stereocenters. The van der Waals surface area contributed by atoms with Crippen LogP contribution in [0.25, 0.3) is 6.08 Å². The van der Waals surface area contributed by atoms with Gasteiger partial charge in [-0.3, -0.25) is 0 Å². The van der Waals surface area contributed by atoms with Crippen LogP contribution in [0, 0.1) is 0 Å². The molecular weight excluding hydrogens is 244 g/mol. The maximum atomic E-state index is 5.42. The van der Waals surface area contributed by atoms with Gasteiger partial charge in [-0.05, 0) is 30.2 Å². The molecule has 0 fully saturated rings. The van der Waals surface area contributed by atoms with Gasteiger partial charge in [0.25, 0.3) is 0 Å². The van der Waals surface area contributed by atoms with Gasteiger partial charge in [-0.2, -0.15) is 0 Å². The van der Waals surface area contributed by atoms with E-state index >= 15 is 0 Å². The van der Waals surface area contributed by atoms with E-state index in [4.69, 9.17) is 4.74 Å². The summed E-state index contributed by atoms with van der Waals surface area (Å²) in [6.07, 6.45) is 4.13. The highest BCUT2D eigenvalue weighted by atomic mass is 16.5. The van der Waals surface area contributed by atoms with Gasteiger partial charge in [0.05, 0.1) is 7.11 Å². The third-order valence-electron chi connectivity index (χ3n) is 3.79. The molecule has 0 amide bonds. The van der Waals surface area contributed by atoms with E-state index in [2.05, 4.69) is 68.5 Å². The second kappa shape index (κ2) is 5.96. The number of methoxy groups -OCH3 is 1. The number of rotatable bonds is 4. The van der Waals surface area contributed by atoms with E-state index < -0.39 is 0 Å². The molecule has 0 radical (unpaired) electrons. The number of hydrogen-bond acceptors (Lipinski definition) is 1. The van der Waals surface area contributed by atoms with Crippen molar-refractivity contribution in [1.82, 2.24) is 0 Å². The normalized spacial score (nSPS) is 11.8. The van der Waals surface area contributed by atoms with Crippen LogP contribution in [0.5, 0.6) is 5.75 Å². The third-order valence-corrected chi connectivity index (χ3v) is 3.79. The van der Waals surface area contributed by atoms with Crippen molar-refractivity contribution >= 4 is 6.08 Å². The van der Waals surface area contributed by atoms with Crippen molar-refractivity contribution in [2.45, 2.75) is 26.2 Å². The first-order valence-corrected chi connectivity index (χ1v) is 6.96. The first-order valence-electron chi connectivity index (χ1n) is 6.96. The van der Waals surface area contributed by atoms with Gasteiger partial charge in [-0.25, -0.2) is 0 Å². The smallest absolute Gasteiger partial charge is 0.126 e. The molecule has 0 bridgehead atoms. The van der Waals surface area contributed by atoms with Crippen molar-refractivity contribution in [1.29, 1.82) is 0 Å². The van der Waals surface area contributed by atoms with E-state index in [0.717, 1.165) is 11.3 Å². The molecule has 0 N–H and O–H groups in total. The molecule has 1 heteroatoms. The van der Waals surface area contributed by atoms with Crippen LogP contribution in [-0.4, -0.2) is 7.11 Å². The summed E-state index contributed by atoms with van der Waals surface area (Å²) >= 11 is 0. The molecule has 0 saturated heterocycles. The molecule has 0 aromatic heterocycles. The highest BCUT2D eigenvalue weighted by molar-refractivity contribution is 5.59. The predicted molar refractivity (Wildman–Crippen MR) is 86.3 cm³/mol. The Morgan fingerprint density at radius 2 is 1.65 bits per heavy atom. The summed E-state index contributed by atoms with van der Waals surface area (Å²) in [6.45, 7) is 6.53. The summed E-state index contributed by atoms with van der Waals surface area (Å²) in [5, 5.41) is 0. The van der Waals surface area contributed by atoms with E-state index in [1.165, 1.54) is 11.1 Å². The van der Waals surface area contributed by atoms with Crippen LogP contribution in [0.1, 0.15) is 37.5 Å². The summed E-state index contributed by atoms with van der Waals surface area (Å²) in [7, 11) is 1.71. The van der Waals surface area contributed by atoms with Gasteiger partial charge in [-0.1, -0.05) is 62.4 Å². The molecule has 1 nitrogen and oxygen atoms in total. The van der Waals surface area contributed by atoms with E-state index in [-0.39, 0.29) is 5.41 Å². The summed E-state index contributed by atoms with van der Waals surface area (Å²) in [5.74, 6) is 0.913. The van der Waals surface area contributed by atoms with Gasteiger partial charge in [0, 0.05) is 11.0 Å². The van der Waals surface area contributed by atoms with Crippen LogP contribution in [0.4, 0.5) is 0 Å². The van der Waals surface area contributed by atoms with Crippen molar-refractivity contribution in [2.75, 3.05) is 7.11 Å². The Morgan fingerprint density at radius 3 is 2.25 bits per heavy atom. The Labute approximate surface area is 121 Å². The van der Waals surface area contributed by atoms with Crippen LogP contribution in [-0.2, 0) is 5.41 Å². The lowest BCUT2D eigenvalue weighted by atomic mass is 9.77. The average Bonchev–Trinajstić information content (AvgIpc) is 2.48. The largest absolute Gasteiger partial charge is 0.496 e. The Morgan fingerprint density at radius 1 is 0.950 bits per heavy atom. The molecule has 0 saturated carbocycles. The molecule has 0 heterocycles. The molecule has 0 aliphatic carbocycles. The zero-order valence-corrected chi connectivity index (χ0v) is 12.7.